The Hall–Kier alpha value is -2.22. The second kappa shape index (κ2) is 8.03. The minimum absolute atomic E-state index is 0.140. The van der Waals surface area contributed by atoms with Crippen LogP contribution in [0.4, 0.5) is 11.4 Å². The second-order valence-corrected chi connectivity index (χ2v) is 9.17. The van der Waals surface area contributed by atoms with Gasteiger partial charge in [-0.25, -0.2) is 0 Å². The van der Waals surface area contributed by atoms with Gasteiger partial charge in [-0.1, -0.05) is 18.2 Å². The summed E-state index contributed by atoms with van der Waals surface area (Å²) in [5, 5.41) is 4.16. The lowest BCUT2D eigenvalue weighted by atomic mass is 10.2. The number of fused-ring (bicyclic) bond motifs is 1. The molecule has 0 saturated carbocycles. The molecule has 2 aromatic carbocycles. The molecule has 1 N–H and O–H groups in total. The van der Waals surface area contributed by atoms with Crippen molar-refractivity contribution in [2.24, 2.45) is 0 Å². The predicted octanol–water partition coefficient (Wildman–Crippen LogP) is 4.29. The van der Waals surface area contributed by atoms with E-state index >= 15 is 0 Å². The van der Waals surface area contributed by atoms with Gasteiger partial charge in [-0.2, -0.15) is 12.2 Å². The van der Waals surface area contributed by atoms with Crippen LogP contribution in [0, 0.1) is 0 Å². The first-order valence-electron chi connectivity index (χ1n) is 9.29. The third-order valence-corrected chi connectivity index (χ3v) is 7.17. The standard InChI is InChI=1S/C20H22ClN3O3S/c21-24(28(25,26)18-6-2-1-3-7-18)17-14-16-8-13-27-20(16)19(15-17)22-9-12-23-10-4-5-11-23/h1-3,6-8,13-15,22H,4-5,9-12H2. The zero-order valence-corrected chi connectivity index (χ0v) is 16.9. The molecule has 1 aliphatic rings. The lowest BCUT2D eigenvalue weighted by Crippen LogP contribution is -2.26. The van der Waals surface area contributed by atoms with Crippen LogP contribution in [0.1, 0.15) is 12.8 Å². The molecule has 0 atom stereocenters. The maximum Gasteiger partial charge on any atom is 0.278 e. The lowest BCUT2D eigenvalue weighted by Gasteiger charge is -2.19. The summed E-state index contributed by atoms with van der Waals surface area (Å²) in [6.07, 6.45) is 4.08. The Morgan fingerprint density at radius 3 is 2.61 bits per heavy atom. The summed E-state index contributed by atoms with van der Waals surface area (Å²) in [4.78, 5) is 2.55. The number of benzene rings is 2. The van der Waals surface area contributed by atoms with Gasteiger partial charge >= 0.3 is 0 Å². The van der Waals surface area contributed by atoms with Crippen molar-refractivity contribution in [2.75, 3.05) is 35.3 Å². The van der Waals surface area contributed by atoms with Crippen molar-refractivity contribution in [3.8, 4) is 0 Å². The Bertz CT molecular complexity index is 1050. The summed E-state index contributed by atoms with van der Waals surface area (Å²) in [5.74, 6) is 0. The van der Waals surface area contributed by atoms with E-state index < -0.39 is 10.0 Å². The average Bonchev–Trinajstić information content (AvgIpc) is 3.39. The molecule has 6 nitrogen and oxygen atoms in total. The van der Waals surface area contributed by atoms with E-state index in [0.29, 0.717) is 11.3 Å². The normalized spacial score (nSPS) is 15.2. The van der Waals surface area contributed by atoms with E-state index in [1.807, 2.05) is 0 Å². The van der Waals surface area contributed by atoms with Gasteiger partial charge in [0.1, 0.15) is 0 Å². The number of sulfonamides is 1. The van der Waals surface area contributed by atoms with E-state index in [0.717, 1.165) is 41.1 Å². The van der Waals surface area contributed by atoms with Gasteiger partial charge in [0.25, 0.3) is 10.0 Å². The number of anilines is 2. The number of hydrogen-bond donors (Lipinski definition) is 1. The number of hydrogen-bond acceptors (Lipinski definition) is 5. The first-order valence-corrected chi connectivity index (χ1v) is 11.1. The monoisotopic (exact) mass is 419 g/mol. The molecule has 3 aromatic rings. The van der Waals surface area contributed by atoms with Crippen LogP contribution in [0.5, 0.6) is 0 Å². The predicted molar refractivity (Wildman–Crippen MR) is 112 cm³/mol. The zero-order valence-electron chi connectivity index (χ0n) is 15.3. The van der Waals surface area contributed by atoms with E-state index in [1.165, 1.54) is 25.0 Å². The molecule has 0 unspecified atom stereocenters. The number of halogens is 1. The number of nitrogens with one attached hydrogen (secondary N) is 1. The molecule has 0 spiro atoms. The van der Waals surface area contributed by atoms with Crippen LogP contribution in [0.2, 0.25) is 0 Å². The summed E-state index contributed by atoms with van der Waals surface area (Å²) in [6.45, 7) is 3.93. The fourth-order valence-corrected chi connectivity index (χ4v) is 4.88. The van der Waals surface area contributed by atoms with Crippen molar-refractivity contribution >= 4 is 44.1 Å². The average molecular weight is 420 g/mol. The lowest BCUT2D eigenvalue weighted by molar-refractivity contribution is 0.352. The topological polar surface area (TPSA) is 65.8 Å². The minimum Gasteiger partial charge on any atom is -0.462 e. The van der Waals surface area contributed by atoms with Gasteiger partial charge in [-0.3, -0.25) is 0 Å². The molecule has 2 heterocycles. The van der Waals surface area contributed by atoms with Gasteiger partial charge in [-0.05, 0) is 56.3 Å². The third-order valence-electron chi connectivity index (χ3n) is 4.93. The van der Waals surface area contributed by atoms with Gasteiger partial charge in [0.2, 0.25) is 0 Å². The first-order chi connectivity index (χ1) is 13.6. The molecule has 1 saturated heterocycles. The highest BCUT2D eigenvalue weighted by Gasteiger charge is 2.24. The van der Waals surface area contributed by atoms with E-state index in [-0.39, 0.29) is 4.90 Å². The molecule has 0 aliphatic carbocycles. The molecule has 1 fully saturated rings. The summed E-state index contributed by atoms with van der Waals surface area (Å²) in [6, 6.07) is 13.4. The summed E-state index contributed by atoms with van der Waals surface area (Å²) < 4.78 is 32.1. The number of nitrogens with zero attached hydrogens (tertiary/aromatic N) is 2. The van der Waals surface area contributed by atoms with Gasteiger partial charge in [-0.15, -0.1) is 0 Å². The maximum atomic E-state index is 12.8. The SMILES string of the molecule is O=S(=O)(c1ccccc1)N(Cl)c1cc(NCCN2CCCC2)c2occc2c1. The minimum atomic E-state index is -3.86. The van der Waals surface area contributed by atoms with E-state index in [9.17, 15) is 8.42 Å². The van der Waals surface area contributed by atoms with Crippen molar-refractivity contribution < 1.29 is 12.8 Å². The highest BCUT2D eigenvalue weighted by atomic mass is 35.5. The van der Waals surface area contributed by atoms with E-state index in [2.05, 4.69) is 10.2 Å². The molecule has 0 bridgehead atoms. The Labute approximate surface area is 169 Å². The van der Waals surface area contributed by atoms with Gasteiger partial charge in [0, 0.05) is 30.3 Å². The molecular formula is C20H22ClN3O3S. The fraction of sp³-hybridized carbons (Fsp3) is 0.300. The van der Waals surface area contributed by atoms with Gasteiger partial charge in [0.15, 0.2) is 5.58 Å². The molecular weight excluding hydrogens is 398 g/mol. The quantitative estimate of drug-likeness (QED) is 0.578. The van der Waals surface area contributed by atoms with E-state index in [1.54, 1.807) is 42.7 Å². The highest BCUT2D eigenvalue weighted by Crippen LogP contribution is 2.34. The van der Waals surface area contributed by atoms with Gasteiger partial charge < -0.3 is 14.6 Å². The van der Waals surface area contributed by atoms with Crippen molar-refractivity contribution in [3.63, 3.8) is 0 Å². The Morgan fingerprint density at radius 2 is 1.86 bits per heavy atom. The summed E-state index contributed by atoms with van der Waals surface area (Å²) >= 11 is 6.29. The molecule has 28 heavy (non-hydrogen) atoms. The van der Waals surface area contributed by atoms with Crippen molar-refractivity contribution in [3.05, 3.63) is 54.8 Å². The number of rotatable bonds is 7. The molecule has 1 aliphatic heterocycles. The van der Waals surface area contributed by atoms with Crippen molar-refractivity contribution in [2.45, 2.75) is 17.7 Å². The second-order valence-electron chi connectivity index (χ2n) is 6.84. The van der Waals surface area contributed by atoms with Crippen LogP contribution < -0.4 is 9.14 Å². The maximum absolute atomic E-state index is 12.8. The van der Waals surface area contributed by atoms with Crippen LogP contribution in [-0.4, -0.2) is 39.5 Å². The molecule has 148 valence electrons. The summed E-state index contributed by atoms with van der Waals surface area (Å²) in [5.41, 5.74) is 1.78. The number of likely N-dealkylation sites (tertiary alicyclic amines) is 1. The zero-order chi connectivity index (χ0) is 19.6. The smallest absolute Gasteiger partial charge is 0.278 e. The molecule has 0 radical (unpaired) electrons. The molecule has 4 rings (SSSR count). The van der Waals surface area contributed by atoms with Crippen LogP contribution in [0.3, 0.4) is 0 Å². The third kappa shape index (κ3) is 3.83. The van der Waals surface area contributed by atoms with Crippen molar-refractivity contribution in [1.29, 1.82) is 0 Å². The highest BCUT2D eigenvalue weighted by molar-refractivity contribution is 7.94. The summed E-state index contributed by atoms with van der Waals surface area (Å²) in [7, 11) is -3.86. The Morgan fingerprint density at radius 1 is 1.11 bits per heavy atom. The van der Waals surface area contributed by atoms with Crippen molar-refractivity contribution in [1.82, 2.24) is 4.90 Å². The van der Waals surface area contributed by atoms with Crippen LogP contribution >= 0.6 is 11.8 Å². The van der Waals surface area contributed by atoms with Gasteiger partial charge in [0.05, 0.1) is 22.5 Å². The largest absolute Gasteiger partial charge is 0.462 e. The molecule has 1 aromatic heterocycles. The number of furan rings is 1. The Balaban J connectivity index is 1.60. The molecule has 8 heteroatoms. The van der Waals surface area contributed by atoms with Crippen LogP contribution in [0.25, 0.3) is 11.0 Å². The van der Waals surface area contributed by atoms with Crippen LogP contribution in [-0.2, 0) is 10.0 Å². The fourth-order valence-electron chi connectivity index (χ4n) is 3.48. The van der Waals surface area contributed by atoms with E-state index in [4.69, 9.17) is 16.2 Å². The molecule has 0 amide bonds. The Kier molecular flexibility index (Phi) is 5.48. The van der Waals surface area contributed by atoms with Crippen LogP contribution in [0.15, 0.2) is 64.1 Å². The first kappa shape index (κ1) is 19.1.